The normalized spacial score (nSPS) is 13.0. The van der Waals surface area contributed by atoms with Crippen molar-refractivity contribution < 1.29 is 17.9 Å². The Hall–Kier alpha value is -1.48. The van der Waals surface area contributed by atoms with E-state index in [-0.39, 0.29) is 11.4 Å². The summed E-state index contributed by atoms with van der Waals surface area (Å²) in [4.78, 5) is 11.9. The number of amides is 1. The Morgan fingerprint density at radius 1 is 1.45 bits per heavy atom. The van der Waals surface area contributed by atoms with Crippen molar-refractivity contribution in [2.75, 3.05) is 26.0 Å². The number of ether oxygens (including phenoxy) is 1. The Bertz CT molecular complexity index is 582. The molecule has 1 unspecified atom stereocenters. The van der Waals surface area contributed by atoms with Crippen LogP contribution in [-0.2, 0) is 19.6 Å². The highest BCUT2D eigenvalue weighted by molar-refractivity contribution is 7.89. The molecule has 0 aliphatic carbocycles. The fraction of sp³-hybridized carbons (Fsp3) is 0.417. The molecule has 0 fully saturated rings. The number of hydrogen-bond acceptors (Lipinski definition) is 5. The fourth-order valence-corrected chi connectivity index (χ4v) is 2.60. The number of nitrogens with two attached hydrogens (primary N) is 1. The van der Waals surface area contributed by atoms with Crippen molar-refractivity contribution in [3.8, 4) is 0 Å². The monoisotopic (exact) mass is 301 g/mol. The number of aryl methyl sites for hydroxylation is 1. The molecular formula is C12H19N3O4S. The summed E-state index contributed by atoms with van der Waals surface area (Å²) in [6.45, 7) is 1.71. The van der Waals surface area contributed by atoms with E-state index in [9.17, 15) is 13.2 Å². The van der Waals surface area contributed by atoms with E-state index in [1.165, 1.54) is 20.2 Å². The van der Waals surface area contributed by atoms with Crippen LogP contribution in [0.15, 0.2) is 23.1 Å². The minimum Gasteiger partial charge on any atom is -0.370 e. The molecule has 1 rings (SSSR count). The van der Waals surface area contributed by atoms with Crippen LogP contribution < -0.4 is 15.8 Å². The zero-order valence-corrected chi connectivity index (χ0v) is 12.5. The molecule has 0 aliphatic heterocycles. The summed E-state index contributed by atoms with van der Waals surface area (Å²) in [6.07, 6.45) is -0.777. The first-order chi connectivity index (χ1) is 9.35. The largest absolute Gasteiger partial charge is 0.370 e. The molecule has 1 aromatic carbocycles. The maximum Gasteiger partial charge on any atom is 0.254 e. The summed E-state index contributed by atoms with van der Waals surface area (Å²) in [6, 6.07) is 4.62. The highest BCUT2D eigenvalue weighted by atomic mass is 32.2. The molecule has 0 radical (unpaired) electrons. The van der Waals surface area contributed by atoms with Crippen LogP contribution in [0.3, 0.4) is 0 Å². The van der Waals surface area contributed by atoms with Gasteiger partial charge in [0.2, 0.25) is 10.0 Å². The average Bonchev–Trinajstić information content (AvgIpc) is 2.42. The molecule has 0 heterocycles. The van der Waals surface area contributed by atoms with Crippen molar-refractivity contribution in [2.24, 2.45) is 5.73 Å². The summed E-state index contributed by atoms with van der Waals surface area (Å²) in [5.41, 5.74) is 6.34. The second-order valence-electron chi connectivity index (χ2n) is 4.14. The number of carbonyl (C=O) groups excluding carboxylic acids is 1. The lowest BCUT2D eigenvalue weighted by atomic mass is 10.2. The molecule has 0 bridgehead atoms. The lowest BCUT2D eigenvalue weighted by Gasteiger charge is -2.14. The van der Waals surface area contributed by atoms with Crippen molar-refractivity contribution in [1.82, 2.24) is 4.72 Å². The predicted octanol–water partition coefficient (Wildman–Crippen LogP) is -0.185. The van der Waals surface area contributed by atoms with Crippen LogP contribution in [-0.4, -0.2) is 41.1 Å². The van der Waals surface area contributed by atoms with E-state index in [1.807, 2.05) is 0 Å². The molecule has 0 aliphatic rings. The molecule has 0 aromatic heterocycles. The van der Waals surface area contributed by atoms with Crippen LogP contribution in [0.25, 0.3) is 0 Å². The molecule has 8 heteroatoms. The van der Waals surface area contributed by atoms with Gasteiger partial charge in [0.1, 0.15) is 6.10 Å². The van der Waals surface area contributed by atoms with E-state index in [4.69, 9.17) is 10.5 Å². The maximum atomic E-state index is 11.8. The van der Waals surface area contributed by atoms with Gasteiger partial charge in [0.05, 0.1) is 4.90 Å². The summed E-state index contributed by atoms with van der Waals surface area (Å²) in [5, 5.41) is 2.57. The van der Waals surface area contributed by atoms with Gasteiger partial charge in [0, 0.05) is 19.3 Å². The van der Waals surface area contributed by atoms with Gasteiger partial charge in [0.15, 0.2) is 0 Å². The topological polar surface area (TPSA) is 111 Å². The van der Waals surface area contributed by atoms with Crippen LogP contribution >= 0.6 is 0 Å². The first kappa shape index (κ1) is 16.6. The second kappa shape index (κ2) is 6.80. The Balaban J connectivity index is 3.05. The lowest BCUT2D eigenvalue weighted by Crippen LogP contribution is -2.36. The number of anilines is 1. The zero-order chi connectivity index (χ0) is 15.3. The number of benzene rings is 1. The van der Waals surface area contributed by atoms with Crippen LogP contribution in [0.1, 0.15) is 5.56 Å². The van der Waals surface area contributed by atoms with Crippen LogP contribution in [0.4, 0.5) is 5.69 Å². The van der Waals surface area contributed by atoms with E-state index in [1.54, 1.807) is 19.1 Å². The fourth-order valence-electron chi connectivity index (χ4n) is 1.61. The highest BCUT2D eigenvalue weighted by Gasteiger charge is 2.18. The van der Waals surface area contributed by atoms with Gasteiger partial charge in [-0.1, -0.05) is 6.07 Å². The molecule has 20 heavy (non-hydrogen) atoms. The van der Waals surface area contributed by atoms with Crippen molar-refractivity contribution in [1.29, 1.82) is 0 Å². The van der Waals surface area contributed by atoms with E-state index in [0.29, 0.717) is 11.3 Å². The van der Waals surface area contributed by atoms with E-state index in [0.717, 1.165) is 0 Å². The molecule has 1 aromatic rings. The molecule has 7 nitrogen and oxygen atoms in total. The minimum atomic E-state index is -3.58. The van der Waals surface area contributed by atoms with Crippen molar-refractivity contribution >= 4 is 21.6 Å². The SMILES string of the molecule is CNS(=O)(=O)c1cc(NC(=O)C(CN)OC)ccc1C. The smallest absolute Gasteiger partial charge is 0.254 e. The average molecular weight is 301 g/mol. The van der Waals surface area contributed by atoms with Gasteiger partial charge < -0.3 is 15.8 Å². The quantitative estimate of drug-likeness (QED) is 0.675. The second-order valence-corrected chi connectivity index (χ2v) is 5.99. The Kier molecular flexibility index (Phi) is 5.63. The van der Waals surface area contributed by atoms with Gasteiger partial charge >= 0.3 is 0 Å². The van der Waals surface area contributed by atoms with Gasteiger partial charge in [0.25, 0.3) is 5.91 Å². The predicted molar refractivity (Wildman–Crippen MR) is 75.9 cm³/mol. The molecule has 1 amide bonds. The Morgan fingerprint density at radius 3 is 2.60 bits per heavy atom. The summed E-state index contributed by atoms with van der Waals surface area (Å²) < 4.78 is 30.8. The molecule has 4 N–H and O–H groups in total. The zero-order valence-electron chi connectivity index (χ0n) is 11.6. The number of rotatable bonds is 6. The number of methoxy groups -OCH3 is 1. The van der Waals surface area contributed by atoms with E-state index >= 15 is 0 Å². The minimum absolute atomic E-state index is 0.0376. The molecular weight excluding hydrogens is 282 g/mol. The first-order valence-electron chi connectivity index (χ1n) is 5.93. The van der Waals surface area contributed by atoms with E-state index < -0.39 is 22.0 Å². The number of hydrogen-bond donors (Lipinski definition) is 3. The third kappa shape index (κ3) is 3.76. The Labute approximate surface area is 118 Å². The molecule has 1 atom stereocenters. The Morgan fingerprint density at radius 2 is 2.10 bits per heavy atom. The van der Waals surface area contributed by atoms with Crippen LogP contribution in [0.5, 0.6) is 0 Å². The molecule has 0 saturated heterocycles. The first-order valence-corrected chi connectivity index (χ1v) is 7.42. The maximum absolute atomic E-state index is 11.8. The molecule has 0 spiro atoms. The van der Waals surface area contributed by atoms with Crippen LogP contribution in [0, 0.1) is 6.92 Å². The highest BCUT2D eigenvalue weighted by Crippen LogP contribution is 2.20. The third-order valence-electron chi connectivity index (χ3n) is 2.80. The van der Waals surface area contributed by atoms with Crippen LogP contribution in [0.2, 0.25) is 0 Å². The third-order valence-corrected chi connectivity index (χ3v) is 4.36. The standard InChI is InChI=1S/C12H19N3O4S/c1-8-4-5-9(6-11(8)20(17,18)14-2)15-12(16)10(7-13)19-3/h4-6,10,14H,7,13H2,1-3H3,(H,15,16). The van der Waals surface area contributed by atoms with Crippen molar-refractivity contribution in [3.05, 3.63) is 23.8 Å². The lowest BCUT2D eigenvalue weighted by molar-refractivity contribution is -0.125. The van der Waals surface area contributed by atoms with Gasteiger partial charge in [-0.25, -0.2) is 13.1 Å². The van der Waals surface area contributed by atoms with Gasteiger partial charge in [-0.15, -0.1) is 0 Å². The van der Waals surface area contributed by atoms with Gasteiger partial charge in [-0.3, -0.25) is 4.79 Å². The molecule has 112 valence electrons. The summed E-state index contributed by atoms with van der Waals surface area (Å²) >= 11 is 0. The van der Waals surface area contributed by atoms with Crippen molar-refractivity contribution in [2.45, 2.75) is 17.9 Å². The van der Waals surface area contributed by atoms with Gasteiger partial charge in [-0.2, -0.15) is 0 Å². The summed E-state index contributed by atoms with van der Waals surface area (Å²) in [5.74, 6) is -0.424. The van der Waals surface area contributed by atoms with Crippen molar-refractivity contribution in [3.63, 3.8) is 0 Å². The number of sulfonamides is 1. The number of carbonyl (C=O) groups is 1. The number of nitrogens with one attached hydrogen (secondary N) is 2. The van der Waals surface area contributed by atoms with E-state index in [2.05, 4.69) is 10.0 Å². The van der Waals surface area contributed by atoms with Gasteiger partial charge in [-0.05, 0) is 31.7 Å². The molecule has 0 saturated carbocycles. The summed E-state index contributed by atoms with van der Waals surface area (Å²) in [7, 11) is -0.869.